The average molecular weight is 304 g/mol. The number of nitrogens with two attached hydrogens (primary N) is 1. The van der Waals surface area contributed by atoms with Crippen LogP contribution in [0.15, 0.2) is 0 Å². The van der Waals surface area contributed by atoms with Crippen molar-refractivity contribution >= 4 is 24.4 Å². The summed E-state index contributed by atoms with van der Waals surface area (Å²) in [7, 11) is 0. The van der Waals surface area contributed by atoms with Gasteiger partial charge < -0.3 is 9.64 Å². The van der Waals surface area contributed by atoms with Crippen molar-refractivity contribution in [2.45, 2.75) is 45.3 Å². The number of carbonyl (C=O) groups excluding carboxylic acids is 2. The molecule has 1 atom stereocenters. The first-order valence-electron chi connectivity index (χ1n) is 6.25. The molecule has 1 fully saturated rings. The van der Waals surface area contributed by atoms with Crippen LogP contribution in [-0.4, -0.2) is 46.6 Å². The van der Waals surface area contributed by atoms with Crippen LogP contribution in [0.5, 0.6) is 0 Å². The van der Waals surface area contributed by atoms with Crippen molar-refractivity contribution < 1.29 is 14.3 Å². The zero-order valence-corrected chi connectivity index (χ0v) is 12.9. The molecule has 114 valence electrons. The van der Waals surface area contributed by atoms with E-state index < -0.39 is 23.6 Å². The Labute approximate surface area is 126 Å². The molecular formula is C13H22ClN3O3. The molecular weight excluding hydrogens is 282 g/mol. The molecule has 0 aromatic rings. The minimum atomic E-state index is -0.574. The molecule has 0 aliphatic carbocycles. The van der Waals surface area contributed by atoms with Crippen molar-refractivity contribution in [2.75, 3.05) is 13.1 Å². The predicted octanol–water partition coefficient (Wildman–Crippen LogP) is 1.14. The van der Waals surface area contributed by atoms with Crippen LogP contribution in [0.3, 0.4) is 0 Å². The van der Waals surface area contributed by atoms with Crippen molar-refractivity contribution in [1.29, 1.82) is 0 Å². The molecule has 0 spiro atoms. The standard InChI is InChI=1S/C13H21N3O3.ClH/c1-5-8-16(14)12(18)15-9-6-7-10(15)11(17)19-13(2,3)4;/h1,10H,6-9,14H2,2-4H3;1H/t10-;/m0./s1. The number of terminal acetylenes is 1. The zero-order chi connectivity index (χ0) is 14.6. The fraction of sp³-hybridized carbons (Fsp3) is 0.692. The first-order chi connectivity index (χ1) is 8.76. The van der Waals surface area contributed by atoms with E-state index in [4.69, 9.17) is 17.0 Å². The van der Waals surface area contributed by atoms with E-state index in [1.807, 2.05) is 0 Å². The van der Waals surface area contributed by atoms with Gasteiger partial charge in [0.25, 0.3) is 0 Å². The minimum Gasteiger partial charge on any atom is -0.458 e. The number of ether oxygens (including phenoxy) is 1. The molecule has 7 heteroatoms. The monoisotopic (exact) mass is 303 g/mol. The minimum absolute atomic E-state index is 0. The molecule has 1 saturated heterocycles. The summed E-state index contributed by atoms with van der Waals surface area (Å²) >= 11 is 0. The van der Waals surface area contributed by atoms with E-state index in [0.717, 1.165) is 11.4 Å². The Hall–Kier alpha value is -1.45. The molecule has 0 aromatic carbocycles. The van der Waals surface area contributed by atoms with Gasteiger partial charge in [-0.05, 0) is 33.6 Å². The number of halogens is 1. The van der Waals surface area contributed by atoms with E-state index >= 15 is 0 Å². The van der Waals surface area contributed by atoms with Gasteiger partial charge in [0, 0.05) is 6.54 Å². The second kappa shape index (κ2) is 7.36. The van der Waals surface area contributed by atoms with Gasteiger partial charge in [0.05, 0.1) is 6.54 Å². The lowest BCUT2D eigenvalue weighted by molar-refractivity contribution is -0.159. The highest BCUT2D eigenvalue weighted by Crippen LogP contribution is 2.21. The fourth-order valence-corrected chi connectivity index (χ4v) is 1.94. The van der Waals surface area contributed by atoms with Crippen molar-refractivity contribution in [1.82, 2.24) is 9.91 Å². The van der Waals surface area contributed by atoms with E-state index in [2.05, 4.69) is 5.92 Å². The largest absolute Gasteiger partial charge is 0.458 e. The molecule has 1 aliphatic rings. The molecule has 1 aliphatic heterocycles. The average Bonchev–Trinajstić information content (AvgIpc) is 2.74. The van der Waals surface area contributed by atoms with Crippen molar-refractivity contribution in [3.8, 4) is 12.3 Å². The molecule has 6 nitrogen and oxygen atoms in total. The maximum absolute atomic E-state index is 12.0. The number of nitrogens with zero attached hydrogens (tertiary/aromatic N) is 2. The highest BCUT2D eigenvalue weighted by Gasteiger charge is 2.38. The molecule has 0 saturated carbocycles. The molecule has 1 rings (SSSR count). The summed E-state index contributed by atoms with van der Waals surface area (Å²) in [5, 5.41) is 0.933. The van der Waals surface area contributed by atoms with Crippen LogP contribution in [0.4, 0.5) is 4.79 Å². The van der Waals surface area contributed by atoms with Crippen LogP contribution in [0.25, 0.3) is 0 Å². The molecule has 2 amide bonds. The van der Waals surface area contributed by atoms with Crippen LogP contribution in [-0.2, 0) is 9.53 Å². The maximum Gasteiger partial charge on any atom is 0.335 e. The van der Waals surface area contributed by atoms with Gasteiger partial charge in [-0.3, -0.25) is 5.01 Å². The quantitative estimate of drug-likeness (QED) is 0.273. The Balaban J connectivity index is 0.00000361. The Bertz CT molecular complexity index is 401. The molecule has 0 radical (unpaired) electrons. The number of hydrogen-bond acceptors (Lipinski definition) is 4. The first-order valence-corrected chi connectivity index (χ1v) is 6.25. The van der Waals surface area contributed by atoms with Crippen LogP contribution in [0.1, 0.15) is 33.6 Å². The van der Waals surface area contributed by atoms with Crippen molar-refractivity contribution in [3.63, 3.8) is 0 Å². The summed E-state index contributed by atoms with van der Waals surface area (Å²) < 4.78 is 5.31. The van der Waals surface area contributed by atoms with Crippen LogP contribution in [0.2, 0.25) is 0 Å². The second-order valence-corrected chi connectivity index (χ2v) is 5.50. The number of amides is 2. The molecule has 0 bridgehead atoms. The van der Waals surface area contributed by atoms with Gasteiger partial charge in [0.2, 0.25) is 0 Å². The summed E-state index contributed by atoms with van der Waals surface area (Å²) in [4.78, 5) is 25.5. The number of hydrogen-bond donors (Lipinski definition) is 1. The Morgan fingerprint density at radius 2 is 2.10 bits per heavy atom. The lowest BCUT2D eigenvalue weighted by atomic mass is 10.1. The lowest BCUT2D eigenvalue weighted by Gasteiger charge is -2.29. The highest BCUT2D eigenvalue weighted by molar-refractivity contribution is 5.85. The number of esters is 1. The lowest BCUT2D eigenvalue weighted by Crippen LogP contribution is -2.51. The molecule has 20 heavy (non-hydrogen) atoms. The second-order valence-electron chi connectivity index (χ2n) is 5.50. The third-order valence-corrected chi connectivity index (χ3v) is 2.68. The smallest absolute Gasteiger partial charge is 0.335 e. The predicted molar refractivity (Wildman–Crippen MR) is 77.9 cm³/mol. The summed E-state index contributed by atoms with van der Waals surface area (Å²) in [5.41, 5.74) is -0.574. The first kappa shape index (κ1) is 18.6. The molecule has 2 N–H and O–H groups in total. The van der Waals surface area contributed by atoms with Gasteiger partial charge >= 0.3 is 12.0 Å². The number of carbonyl (C=O) groups is 2. The van der Waals surface area contributed by atoms with Crippen LogP contribution < -0.4 is 5.84 Å². The maximum atomic E-state index is 12.0. The molecule has 0 unspecified atom stereocenters. The number of urea groups is 1. The van der Waals surface area contributed by atoms with Gasteiger partial charge in [-0.15, -0.1) is 18.8 Å². The fourth-order valence-electron chi connectivity index (χ4n) is 1.94. The summed E-state index contributed by atoms with van der Waals surface area (Å²) in [6.45, 7) is 5.87. The Morgan fingerprint density at radius 3 is 2.60 bits per heavy atom. The third-order valence-electron chi connectivity index (χ3n) is 2.68. The van der Waals surface area contributed by atoms with Gasteiger partial charge in [0.15, 0.2) is 0 Å². The van der Waals surface area contributed by atoms with Crippen molar-refractivity contribution in [3.05, 3.63) is 0 Å². The van der Waals surface area contributed by atoms with E-state index in [0.29, 0.717) is 13.0 Å². The van der Waals surface area contributed by atoms with E-state index in [-0.39, 0.29) is 19.0 Å². The number of rotatable bonds is 2. The van der Waals surface area contributed by atoms with Gasteiger partial charge in [0.1, 0.15) is 11.6 Å². The van der Waals surface area contributed by atoms with Gasteiger partial charge in [-0.1, -0.05) is 5.92 Å². The molecule has 1 heterocycles. The Kier molecular flexibility index (Phi) is 6.83. The summed E-state index contributed by atoms with van der Waals surface area (Å²) in [6, 6.07) is -1.01. The van der Waals surface area contributed by atoms with Crippen LogP contribution in [0, 0.1) is 12.3 Å². The summed E-state index contributed by atoms with van der Waals surface area (Å²) in [6.07, 6.45) is 6.45. The van der Waals surface area contributed by atoms with Gasteiger partial charge in [-0.2, -0.15) is 0 Å². The topological polar surface area (TPSA) is 75.9 Å². The van der Waals surface area contributed by atoms with Crippen molar-refractivity contribution in [2.24, 2.45) is 5.84 Å². The van der Waals surface area contributed by atoms with E-state index in [1.54, 1.807) is 20.8 Å². The number of hydrazine groups is 1. The number of likely N-dealkylation sites (tertiary alicyclic amines) is 1. The Morgan fingerprint density at radius 1 is 1.50 bits per heavy atom. The van der Waals surface area contributed by atoms with Crippen LogP contribution >= 0.6 is 12.4 Å². The zero-order valence-electron chi connectivity index (χ0n) is 12.1. The normalized spacial score (nSPS) is 17.9. The SMILES string of the molecule is C#CCN(N)C(=O)N1CCC[C@H]1C(=O)OC(C)(C)C.Cl. The van der Waals surface area contributed by atoms with Gasteiger partial charge in [-0.25, -0.2) is 15.4 Å². The molecule has 0 aromatic heterocycles. The van der Waals surface area contributed by atoms with E-state index in [1.165, 1.54) is 4.90 Å². The highest BCUT2D eigenvalue weighted by atomic mass is 35.5. The third kappa shape index (κ3) is 4.91. The summed E-state index contributed by atoms with van der Waals surface area (Å²) in [5.74, 6) is 7.44. The van der Waals surface area contributed by atoms with E-state index in [9.17, 15) is 9.59 Å².